The number of allylic oxidation sites excluding steroid dienone is 1. The molecule has 4 heteroatoms. The molecular formula is C14H18O4. The summed E-state index contributed by atoms with van der Waals surface area (Å²) in [5, 5.41) is 0. The van der Waals surface area contributed by atoms with E-state index >= 15 is 0 Å². The average Bonchev–Trinajstić information content (AvgIpc) is 2.68. The largest absolute Gasteiger partial charge is 0.465 e. The van der Waals surface area contributed by atoms with Gasteiger partial charge in [0.05, 0.1) is 7.11 Å². The Morgan fingerprint density at radius 1 is 1.33 bits per heavy atom. The average molecular weight is 250 g/mol. The fraction of sp³-hybridized carbons (Fsp3) is 0.429. The minimum absolute atomic E-state index is 0.112. The SMILES string of the molecule is COC(=O)c1cc(C(C)(C)C)oc1/C=C/C(C)=O. The third-order valence-corrected chi connectivity index (χ3v) is 2.37. The Bertz CT molecular complexity index is 486. The van der Waals surface area contributed by atoms with E-state index in [2.05, 4.69) is 0 Å². The van der Waals surface area contributed by atoms with Crippen molar-refractivity contribution in [2.24, 2.45) is 0 Å². The van der Waals surface area contributed by atoms with Gasteiger partial charge in [-0.3, -0.25) is 4.79 Å². The van der Waals surface area contributed by atoms with Crippen molar-refractivity contribution in [3.05, 3.63) is 29.2 Å². The summed E-state index contributed by atoms with van der Waals surface area (Å²) < 4.78 is 10.3. The maximum absolute atomic E-state index is 11.6. The Hall–Kier alpha value is -1.84. The van der Waals surface area contributed by atoms with E-state index in [0.29, 0.717) is 17.1 Å². The van der Waals surface area contributed by atoms with Crippen molar-refractivity contribution in [3.8, 4) is 0 Å². The highest BCUT2D eigenvalue weighted by molar-refractivity contribution is 5.96. The van der Waals surface area contributed by atoms with Crippen LogP contribution in [-0.4, -0.2) is 18.9 Å². The Morgan fingerprint density at radius 2 is 1.94 bits per heavy atom. The molecule has 1 heterocycles. The molecule has 0 amide bonds. The summed E-state index contributed by atoms with van der Waals surface area (Å²) in [7, 11) is 1.31. The summed E-state index contributed by atoms with van der Waals surface area (Å²) in [6.07, 6.45) is 2.85. The van der Waals surface area contributed by atoms with Crippen LogP contribution >= 0.6 is 0 Å². The first-order valence-electron chi connectivity index (χ1n) is 5.67. The third kappa shape index (κ3) is 3.32. The molecule has 0 atom stereocenters. The van der Waals surface area contributed by atoms with Crippen LogP contribution in [0.3, 0.4) is 0 Å². The standard InChI is InChI=1S/C14H18O4/c1-9(15)6-7-11-10(13(16)17-5)8-12(18-11)14(2,3)4/h6-8H,1-5H3/b7-6+. The second-order valence-electron chi connectivity index (χ2n) is 5.07. The van der Waals surface area contributed by atoms with Gasteiger partial charge in [-0.25, -0.2) is 4.79 Å². The molecule has 0 bridgehead atoms. The summed E-state index contributed by atoms with van der Waals surface area (Å²) in [6, 6.07) is 1.66. The molecule has 1 rings (SSSR count). The van der Waals surface area contributed by atoms with Gasteiger partial charge in [-0.15, -0.1) is 0 Å². The van der Waals surface area contributed by atoms with Crippen LogP contribution in [0, 0.1) is 0 Å². The van der Waals surface area contributed by atoms with E-state index < -0.39 is 5.97 Å². The van der Waals surface area contributed by atoms with E-state index in [-0.39, 0.29) is 11.2 Å². The van der Waals surface area contributed by atoms with E-state index in [1.54, 1.807) is 6.07 Å². The van der Waals surface area contributed by atoms with Crippen molar-refractivity contribution >= 4 is 17.8 Å². The van der Waals surface area contributed by atoms with Gasteiger partial charge in [-0.05, 0) is 25.1 Å². The fourth-order valence-corrected chi connectivity index (χ4v) is 1.36. The van der Waals surface area contributed by atoms with Gasteiger partial charge < -0.3 is 9.15 Å². The summed E-state index contributed by atoms with van der Waals surface area (Å²) in [5.41, 5.74) is 0.116. The van der Waals surface area contributed by atoms with Gasteiger partial charge in [-0.2, -0.15) is 0 Å². The molecule has 0 aromatic carbocycles. The smallest absolute Gasteiger partial charge is 0.341 e. The molecule has 0 aliphatic carbocycles. The first kappa shape index (κ1) is 14.2. The Labute approximate surface area is 107 Å². The van der Waals surface area contributed by atoms with Crippen LogP contribution in [0.2, 0.25) is 0 Å². The number of esters is 1. The molecule has 4 nitrogen and oxygen atoms in total. The Morgan fingerprint density at radius 3 is 2.39 bits per heavy atom. The molecule has 0 aliphatic heterocycles. The van der Waals surface area contributed by atoms with Crippen molar-refractivity contribution < 1.29 is 18.7 Å². The molecule has 0 saturated heterocycles. The first-order chi connectivity index (χ1) is 8.25. The molecule has 0 aliphatic rings. The molecule has 0 spiro atoms. The van der Waals surface area contributed by atoms with Crippen molar-refractivity contribution in [3.63, 3.8) is 0 Å². The van der Waals surface area contributed by atoms with Gasteiger partial charge in [0.25, 0.3) is 0 Å². The summed E-state index contributed by atoms with van der Waals surface area (Å²) in [5.74, 6) is 0.435. The van der Waals surface area contributed by atoms with Crippen LogP contribution in [-0.2, 0) is 14.9 Å². The van der Waals surface area contributed by atoms with Gasteiger partial charge in [0.15, 0.2) is 5.78 Å². The topological polar surface area (TPSA) is 56.5 Å². The molecule has 1 aromatic rings. The van der Waals surface area contributed by atoms with Crippen LogP contribution in [0.25, 0.3) is 6.08 Å². The third-order valence-electron chi connectivity index (χ3n) is 2.37. The number of ether oxygens (including phenoxy) is 1. The molecule has 0 radical (unpaired) electrons. The second kappa shape index (κ2) is 5.21. The molecule has 0 fully saturated rings. The molecule has 0 N–H and O–H groups in total. The monoisotopic (exact) mass is 250 g/mol. The van der Waals surface area contributed by atoms with Crippen LogP contribution < -0.4 is 0 Å². The number of hydrogen-bond acceptors (Lipinski definition) is 4. The van der Waals surface area contributed by atoms with E-state index in [1.807, 2.05) is 20.8 Å². The zero-order valence-electron chi connectivity index (χ0n) is 11.4. The predicted octanol–water partition coefficient (Wildman–Crippen LogP) is 2.97. The highest BCUT2D eigenvalue weighted by Gasteiger charge is 2.24. The summed E-state index contributed by atoms with van der Waals surface area (Å²) in [6.45, 7) is 7.37. The number of methoxy groups -OCH3 is 1. The number of rotatable bonds is 3. The number of hydrogen-bond donors (Lipinski definition) is 0. The zero-order chi connectivity index (χ0) is 13.9. The number of furan rings is 1. The quantitative estimate of drug-likeness (QED) is 0.611. The van der Waals surface area contributed by atoms with Gasteiger partial charge in [0.1, 0.15) is 17.1 Å². The Balaban J connectivity index is 3.25. The number of carbonyl (C=O) groups excluding carboxylic acids is 2. The van der Waals surface area contributed by atoms with Crippen LogP contribution in [0.15, 0.2) is 16.6 Å². The van der Waals surface area contributed by atoms with Crippen LogP contribution in [0.4, 0.5) is 0 Å². The number of carbonyl (C=O) groups is 2. The highest BCUT2D eigenvalue weighted by Crippen LogP contribution is 2.28. The molecule has 1 aromatic heterocycles. The maximum Gasteiger partial charge on any atom is 0.341 e. The summed E-state index contributed by atoms with van der Waals surface area (Å²) in [4.78, 5) is 22.5. The number of ketones is 1. The predicted molar refractivity (Wildman–Crippen MR) is 68.5 cm³/mol. The minimum atomic E-state index is -0.475. The Kier molecular flexibility index (Phi) is 4.11. The zero-order valence-corrected chi connectivity index (χ0v) is 11.4. The lowest BCUT2D eigenvalue weighted by Gasteiger charge is -2.13. The van der Waals surface area contributed by atoms with E-state index in [4.69, 9.17) is 9.15 Å². The normalized spacial score (nSPS) is 11.8. The van der Waals surface area contributed by atoms with Crippen molar-refractivity contribution in [2.75, 3.05) is 7.11 Å². The summed E-state index contributed by atoms with van der Waals surface area (Å²) >= 11 is 0. The first-order valence-corrected chi connectivity index (χ1v) is 5.67. The second-order valence-corrected chi connectivity index (χ2v) is 5.07. The lowest BCUT2D eigenvalue weighted by atomic mass is 9.93. The molecule has 0 saturated carbocycles. The molecular weight excluding hydrogens is 232 g/mol. The van der Waals surface area contributed by atoms with Gasteiger partial charge >= 0.3 is 5.97 Å². The lowest BCUT2D eigenvalue weighted by molar-refractivity contribution is -0.112. The van der Waals surface area contributed by atoms with E-state index in [0.717, 1.165) is 0 Å². The lowest BCUT2D eigenvalue weighted by Crippen LogP contribution is -2.09. The maximum atomic E-state index is 11.6. The highest BCUT2D eigenvalue weighted by atomic mass is 16.5. The van der Waals surface area contributed by atoms with Crippen molar-refractivity contribution in [1.82, 2.24) is 0 Å². The van der Waals surface area contributed by atoms with E-state index in [1.165, 1.54) is 26.2 Å². The molecule has 98 valence electrons. The van der Waals surface area contributed by atoms with E-state index in [9.17, 15) is 9.59 Å². The van der Waals surface area contributed by atoms with Crippen LogP contribution in [0.5, 0.6) is 0 Å². The van der Waals surface area contributed by atoms with Gasteiger partial charge in [-0.1, -0.05) is 20.8 Å². The van der Waals surface area contributed by atoms with Crippen LogP contribution in [0.1, 0.15) is 49.6 Å². The minimum Gasteiger partial charge on any atom is -0.465 e. The molecule has 0 unspecified atom stereocenters. The van der Waals surface area contributed by atoms with Gasteiger partial charge in [0, 0.05) is 5.41 Å². The fourth-order valence-electron chi connectivity index (χ4n) is 1.36. The molecule has 18 heavy (non-hydrogen) atoms. The van der Waals surface area contributed by atoms with Crippen molar-refractivity contribution in [1.29, 1.82) is 0 Å². The van der Waals surface area contributed by atoms with Crippen molar-refractivity contribution in [2.45, 2.75) is 33.1 Å². The van der Waals surface area contributed by atoms with Gasteiger partial charge in [0.2, 0.25) is 0 Å².